The molecule has 0 unspecified atom stereocenters. The number of hydrogen-bond acceptors (Lipinski definition) is 5. The Balaban J connectivity index is 2.03. The van der Waals surface area contributed by atoms with Gasteiger partial charge in [-0.25, -0.2) is 4.98 Å². The number of thiophene rings is 1. The number of likely N-dealkylation sites (N-methyl/N-ethyl adjacent to an activating group) is 1. The van der Waals surface area contributed by atoms with Crippen LogP contribution in [0, 0.1) is 5.41 Å². The van der Waals surface area contributed by atoms with Gasteiger partial charge in [0.2, 0.25) is 5.91 Å². The van der Waals surface area contributed by atoms with Gasteiger partial charge in [-0.15, -0.1) is 11.3 Å². The lowest BCUT2D eigenvalue weighted by atomic mass is 9.86. The molecule has 9 heteroatoms. The van der Waals surface area contributed by atoms with E-state index in [4.69, 9.17) is 16.6 Å². The van der Waals surface area contributed by atoms with E-state index in [0.717, 1.165) is 35.9 Å². The van der Waals surface area contributed by atoms with E-state index in [0.29, 0.717) is 16.6 Å². The molecule has 2 aromatic rings. The Morgan fingerprint density at radius 3 is 2.59 bits per heavy atom. The van der Waals surface area contributed by atoms with Crippen LogP contribution in [0.15, 0.2) is 12.1 Å². The highest BCUT2D eigenvalue weighted by molar-refractivity contribution is 7.19. The summed E-state index contributed by atoms with van der Waals surface area (Å²) in [5.74, 6) is 0.199. The molecule has 158 valence electrons. The molecule has 0 saturated carbocycles. The monoisotopic (exact) mass is 437 g/mol. The molecule has 1 aliphatic heterocycles. The molecule has 0 saturated heterocycles. The van der Waals surface area contributed by atoms with Crippen LogP contribution in [0.25, 0.3) is 10.7 Å². The minimum absolute atomic E-state index is 0.224. The summed E-state index contributed by atoms with van der Waals surface area (Å²) in [4.78, 5) is 33.5. The Morgan fingerprint density at radius 2 is 2.00 bits per heavy atom. The molecular weight excluding hydrogens is 410 g/mol. The molecular formula is C20H28ClN5O2S. The van der Waals surface area contributed by atoms with Crippen molar-refractivity contribution < 1.29 is 9.59 Å². The van der Waals surface area contributed by atoms with Crippen LogP contribution in [0.2, 0.25) is 4.34 Å². The van der Waals surface area contributed by atoms with Crippen LogP contribution in [0.1, 0.15) is 43.4 Å². The van der Waals surface area contributed by atoms with Gasteiger partial charge < -0.3 is 20.1 Å². The third-order valence-corrected chi connectivity index (χ3v) is 6.30. The largest absolute Gasteiger partial charge is 0.357 e. The number of imidazole rings is 1. The number of amides is 2. The van der Waals surface area contributed by atoms with E-state index in [9.17, 15) is 9.59 Å². The minimum atomic E-state index is -0.666. The van der Waals surface area contributed by atoms with Crippen molar-refractivity contribution in [1.29, 1.82) is 0 Å². The summed E-state index contributed by atoms with van der Waals surface area (Å²) in [7, 11) is 3.61. The summed E-state index contributed by atoms with van der Waals surface area (Å²) in [6, 6.07) is 3.11. The Bertz CT molecular complexity index is 915. The fourth-order valence-corrected chi connectivity index (χ4v) is 4.59. The first-order chi connectivity index (χ1) is 13.6. The molecule has 3 heterocycles. The van der Waals surface area contributed by atoms with E-state index in [-0.39, 0.29) is 11.8 Å². The Morgan fingerprint density at radius 1 is 1.28 bits per heavy atom. The summed E-state index contributed by atoms with van der Waals surface area (Å²) in [6.45, 7) is 8.11. The van der Waals surface area contributed by atoms with Crippen LogP contribution >= 0.6 is 22.9 Å². The number of hydrogen-bond donors (Lipinski definition) is 2. The molecule has 3 rings (SSSR count). The van der Waals surface area contributed by atoms with Gasteiger partial charge in [-0.05, 0) is 37.6 Å². The average Bonchev–Trinajstić information content (AvgIpc) is 3.16. The van der Waals surface area contributed by atoms with Crippen LogP contribution in [0.4, 0.5) is 0 Å². The van der Waals surface area contributed by atoms with Gasteiger partial charge in [-0.1, -0.05) is 32.4 Å². The molecule has 0 bridgehead atoms. The topological polar surface area (TPSA) is 79.3 Å². The number of rotatable bonds is 4. The van der Waals surface area contributed by atoms with Gasteiger partial charge in [0, 0.05) is 20.1 Å². The lowest BCUT2D eigenvalue weighted by Gasteiger charge is -2.29. The van der Waals surface area contributed by atoms with E-state index >= 15 is 0 Å². The first-order valence-corrected chi connectivity index (χ1v) is 10.9. The number of carbonyl (C=O) groups is 2. The highest BCUT2D eigenvalue weighted by Gasteiger charge is 2.34. The zero-order valence-corrected chi connectivity index (χ0v) is 19.1. The standard InChI is InChI=1S/C20H28ClN5O2S/c1-20(2,3)16(19(28)22-4)24-18(27)15-12-11-25(5)9-6-10-26(12)17(23-15)13-7-8-14(21)29-13/h7-8,16H,6,9-11H2,1-5H3,(H,22,28)(H,24,27)/t16-/m1/s1. The molecule has 29 heavy (non-hydrogen) atoms. The van der Waals surface area contributed by atoms with E-state index in [1.807, 2.05) is 40.0 Å². The molecule has 1 atom stereocenters. The van der Waals surface area contributed by atoms with E-state index in [1.165, 1.54) is 11.3 Å². The molecule has 0 radical (unpaired) electrons. The van der Waals surface area contributed by atoms with Crippen molar-refractivity contribution in [3.63, 3.8) is 0 Å². The van der Waals surface area contributed by atoms with Gasteiger partial charge in [-0.2, -0.15) is 0 Å². The Labute approximate surface area is 180 Å². The maximum absolute atomic E-state index is 13.3. The summed E-state index contributed by atoms with van der Waals surface area (Å²) < 4.78 is 2.80. The Hall–Kier alpha value is -1.90. The predicted octanol–water partition coefficient (Wildman–Crippen LogP) is 2.99. The van der Waals surface area contributed by atoms with Crippen LogP contribution in [-0.4, -0.2) is 52.9 Å². The lowest BCUT2D eigenvalue weighted by Crippen LogP contribution is -2.53. The molecule has 0 fully saturated rings. The summed E-state index contributed by atoms with van der Waals surface area (Å²) in [5.41, 5.74) is 0.802. The van der Waals surface area contributed by atoms with Crippen molar-refractivity contribution in [2.75, 3.05) is 20.6 Å². The van der Waals surface area contributed by atoms with Gasteiger partial charge in [-0.3, -0.25) is 9.59 Å². The summed E-state index contributed by atoms with van der Waals surface area (Å²) in [5, 5.41) is 5.55. The second kappa shape index (κ2) is 8.45. The zero-order chi connectivity index (χ0) is 21.3. The number of halogens is 1. The fourth-order valence-electron chi connectivity index (χ4n) is 3.54. The minimum Gasteiger partial charge on any atom is -0.357 e. The van der Waals surface area contributed by atoms with Crippen molar-refractivity contribution >= 4 is 34.8 Å². The lowest BCUT2D eigenvalue weighted by molar-refractivity contribution is -0.124. The SMILES string of the molecule is CNC(=O)[C@@H](NC(=O)c1nc(-c2ccc(Cl)s2)n2c1CN(C)CCC2)C(C)(C)C. The van der Waals surface area contributed by atoms with Gasteiger partial charge in [0.1, 0.15) is 6.04 Å². The van der Waals surface area contributed by atoms with Crippen LogP contribution < -0.4 is 10.6 Å². The Kier molecular flexibility index (Phi) is 6.36. The maximum Gasteiger partial charge on any atom is 0.272 e. The van der Waals surface area contributed by atoms with Gasteiger partial charge >= 0.3 is 0 Å². The van der Waals surface area contributed by atoms with E-state index in [1.54, 1.807) is 7.05 Å². The van der Waals surface area contributed by atoms with Crippen LogP contribution in [-0.2, 0) is 17.9 Å². The molecule has 0 aliphatic carbocycles. The van der Waals surface area contributed by atoms with Crippen LogP contribution in [0.3, 0.4) is 0 Å². The molecule has 2 aromatic heterocycles. The van der Waals surface area contributed by atoms with Crippen molar-refractivity contribution in [3.05, 3.63) is 27.9 Å². The first kappa shape index (κ1) is 21.8. The van der Waals surface area contributed by atoms with Crippen molar-refractivity contribution in [3.8, 4) is 10.7 Å². The molecule has 2 amide bonds. The summed E-state index contributed by atoms with van der Waals surface area (Å²) in [6.07, 6.45) is 0.968. The third-order valence-electron chi connectivity index (χ3n) is 5.07. The highest BCUT2D eigenvalue weighted by atomic mass is 35.5. The van der Waals surface area contributed by atoms with Crippen LogP contribution in [0.5, 0.6) is 0 Å². The van der Waals surface area contributed by atoms with Gasteiger partial charge in [0.25, 0.3) is 5.91 Å². The number of nitrogens with zero attached hydrogens (tertiary/aromatic N) is 3. The molecule has 0 aromatic carbocycles. The smallest absolute Gasteiger partial charge is 0.272 e. The number of fused-ring (bicyclic) bond motifs is 1. The zero-order valence-electron chi connectivity index (χ0n) is 17.5. The normalized spacial score (nSPS) is 16.1. The van der Waals surface area contributed by atoms with Gasteiger partial charge in [0.15, 0.2) is 11.5 Å². The molecule has 7 nitrogen and oxygen atoms in total. The quantitative estimate of drug-likeness (QED) is 0.770. The second-order valence-corrected chi connectivity index (χ2v) is 10.2. The second-order valence-electron chi connectivity index (χ2n) is 8.46. The molecule has 1 aliphatic rings. The number of aromatic nitrogens is 2. The number of carbonyl (C=O) groups excluding carboxylic acids is 2. The van der Waals surface area contributed by atoms with Crippen molar-refractivity contribution in [2.45, 2.75) is 46.3 Å². The maximum atomic E-state index is 13.3. The van der Waals surface area contributed by atoms with E-state index in [2.05, 4.69) is 20.1 Å². The third kappa shape index (κ3) is 4.65. The fraction of sp³-hybridized carbons (Fsp3) is 0.550. The van der Waals surface area contributed by atoms with Crippen molar-refractivity contribution in [1.82, 2.24) is 25.1 Å². The van der Waals surface area contributed by atoms with E-state index < -0.39 is 11.5 Å². The summed E-state index contributed by atoms with van der Waals surface area (Å²) >= 11 is 7.58. The molecule has 2 N–H and O–H groups in total. The predicted molar refractivity (Wildman–Crippen MR) is 116 cm³/mol. The van der Waals surface area contributed by atoms with Gasteiger partial charge in [0.05, 0.1) is 14.9 Å². The first-order valence-electron chi connectivity index (χ1n) is 9.68. The molecule has 0 spiro atoms. The van der Waals surface area contributed by atoms with Crippen molar-refractivity contribution in [2.24, 2.45) is 5.41 Å². The average molecular weight is 438 g/mol. The highest BCUT2D eigenvalue weighted by Crippen LogP contribution is 2.33. The number of nitrogens with one attached hydrogen (secondary N) is 2.